The van der Waals surface area contributed by atoms with Gasteiger partial charge in [-0.1, -0.05) is 89.5 Å². The van der Waals surface area contributed by atoms with Crippen molar-refractivity contribution in [2.24, 2.45) is 0 Å². The lowest BCUT2D eigenvalue weighted by atomic mass is 10.1. The lowest BCUT2D eigenvalue weighted by molar-refractivity contribution is 0.0319. The topological polar surface area (TPSA) is 44.8 Å². The van der Waals surface area contributed by atoms with E-state index in [0.717, 1.165) is 53.7 Å². The molecule has 38 heavy (non-hydrogen) atoms. The van der Waals surface area contributed by atoms with E-state index < -0.39 is 0 Å². The molecule has 0 spiro atoms. The fraction of sp³-hybridized carbons (Fsp3) is 0.500. The molecule has 206 valence electrons. The van der Waals surface area contributed by atoms with Gasteiger partial charge in [0.2, 0.25) is 0 Å². The van der Waals surface area contributed by atoms with Crippen LogP contribution in [0.5, 0.6) is 11.5 Å². The highest BCUT2D eigenvalue weighted by molar-refractivity contribution is 5.90. The molecule has 0 aliphatic rings. The molecule has 0 N–H and O–H groups in total. The van der Waals surface area contributed by atoms with Gasteiger partial charge in [0.1, 0.15) is 18.1 Å². The van der Waals surface area contributed by atoms with Crippen molar-refractivity contribution in [1.29, 1.82) is 0 Å². The quantitative estimate of drug-likeness (QED) is 0.124. The number of hydrogen-bond donors (Lipinski definition) is 0. The smallest absolute Gasteiger partial charge is 0.338 e. The Kier molecular flexibility index (Phi) is 13.0. The summed E-state index contributed by atoms with van der Waals surface area (Å²) in [6, 6.07) is 19.8. The van der Waals surface area contributed by atoms with E-state index in [1.54, 1.807) is 0 Å². The number of ether oxygens (including phenoxy) is 3. The lowest BCUT2D eigenvalue weighted by Crippen LogP contribution is -2.15. The molecule has 3 rings (SSSR count). The minimum Gasteiger partial charge on any atom is -0.494 e. The van der Waals surface area contributed by atoms with Crippen LogP contribution in [0.2, 0.25) is 0 Å². The average Bonchev–Trinajstić information content (AvgIpc) is 2.93. The summed E-state index contributed by atoms with van der Waals surface area (Å²) in [6.07, 6.45) is 13.1. The second-order valence-corrected chi connectivity index (χ2v) is 10.3. The molecule has 0 bridgehead atoms. The summed E-state index contributed by atoms with van der Waals surface area (Å²) in [7, 11) is 0. The zero-order valence-corrected chi connectivity index (χ0v) is 23.7. The highest BCUT2D eigenvalue weighted by Crippen LogP contribution is 2.29. The van der Waals surface area contributed by atoms with Gasteiger partial charge in [-0.3, -0.25) is 0 Å². The summed E-state index contributed by atoms with van der Waals surface area (Å²) >= 11 is 0. The molecule has 0 aliphatic carbocycles. The van der Waals surface area contributed by atoms with Crippen LogP contribution in [0.3, 0.4) is 0 Å². The van der Waals surface area contributed by atoms with E-state index in [1.807, 2.05) is 49.4 Å². The summed E-state index contributed by atoms with van der Waals surface area (Å²) < 4.78 is 17.8. The molecule has 3 aromatic rings. The van der Waals surface area contributed by atoms with Crippen molar-refractivity contribution in [3.63, 3.8) is 0 Å². The molecular formula is C34H46O4. The number of carbonyl (C=O) groups excluding carboxylic acids is 1. The van der Waals surface area contributed by atoms with Crippen molar-refractivity contribution in [2.45, 2.75) is 104 Å². The number of benzene rings is 3. The van der Waals surface area contributed by atoms with Crippen LogP contribution < -0.4 is 9.47 Å². The number of esters is 1. The molecule has 0 fully saturated rings. The number of unbranched alkanes of at least 4 members (excludes halogenated alkanes) is 8. The van der Waals surface area contributed by atoms with Crippen molar-refractivity contribution in [3.05, 3.63) is 71.8 Å². The fourth-order valence-corrected chi connectivity index (χ4v) is 4.59. The summed E-state index contributed by atoms with van der Waals surface area (Å²) in [4.78, 5) is 12.5. The molecule has 0 amide bonds. The predicted octanol–water partition coefficient (Wildman–Crippen LogP) is 9.67. The van der Waals surface area contributed by atoms with Gasteiger partial charge in [0.15, 0.2) is 0 Å². The average molecular weight is 519 g/mol. The predicted molar refractivity (Wildman–Crippen MR) is 157 cm³/mol. The zero-order chi connectivity index (χ0) is 27.0. The number of rotatable bonds is 18. The van der Waals surface area contributed by atoms with Crippen LogP contribution >= 0.6 is 0 Å². The van der Waals surface area contributed by atoms with Crippen molar-refractivity contribution in [3.8, 4) is 11.5 Å². The van der Waals surface area contributed by atoms with Crippen LogP contribution in [0.15, 0.2) is 60.7 Å². The van der Waals surface area contributed by atoms with E-state index in [-0.39, 0.29) is 12.1 Å². The second-order valence-electron chi connectivity index (χ2n) is 10.3. The first-order valence-electron chi connectivity index (χ1n) is 14.7. The van der Waals surface area contributed by atoms with Crippen molar-refractivity contribution in [1.82, 2.24) is 0 Å². The summed E-state index contributed by atoms with van der Waals surface area (Å²) in [5, 5.41) is 2.16. The first kappa shape index (κ1) is 29.5. The van der Waals surface area contributed by atoms with E-state index in [4.69, 9.17) is 14.2 Å². The molecule has 1 atom stereocenters. The molecule has 0 aliphatic heterocycles. The maximum Gasteiger partial charge on any atom is 0.338 e. The Morgan fingerprint density at radius 3 is 2.24 bits per heavy atom. The third-order valence-corrected chi connectivity index (χ3v) is 6.93. The van der Waals surface area contributed by atoms with Crippen LogP contribution in [0.1, 0.15) is 107 Å². The molecule has 3 aromatic carbocycles. The molecule has 0 radical (unpaired) electrons. The van der Waals surface area contributed by atoms with Crippen LogP contribution in [0.4, 0.5) is 0 Å². The van der Waals surface area contributed by atoms with Crippen LogP contribution in [0, 0.1) is 0 Å². The minimum absolute atomic E-state index is 0.0600. The Labute approximate surface area is 229 Å². The van der Waals surface area contributed by atoms with Crippen LogP contribution in [0.25, 0.3) is 10.8 Å². The van der Waals surface area contributed by atoms with Gasteiger partial charge in [-0.05, 0) is 73.5 Å². The number of fused-ring (bicyclic) bond motifs is 1. The highest BCUT2D eigenvalue weighted by Gasteiger charge is 2.12. The molecule has 0 saturated carbocycles. The molecule has 0 aromatic heterocycles. The summed E-state index contributed by atoms with van der Waals surface area (Å²) in [6.45, 7) is 7.60. The van der Waals surface area contributed by atoms with E-state index in [9.17, 15) is 4.79 Å². The largest absolute Gasteiger partial charge is 0.494 e. The minimum atomic E-state index is -0.260. The Bertz CT molecular complexity index is 1090. The molecule has 0 saturated heterocycles. The SMILES string of the molecule is CCCCCCCCOc1ccc2c(OCc3ccc(C(=O)O[C@H](C)CCCCCC)cc3)cccc2c1. The third kappa shape index (κ3) is 10.0. The maximum absolute atomic E-state index is 12.5. The standard InChI is InChI=1S/C34H46O4/c1-4-6-8-10-11-13-24-36-31-22-23-32-30(25-31)16-14-17-33(32)37-26-28-18-20-29(21-19-28)34(35)38-27(3)15-12-9-7-5-2/h14,16-23,25,27H,4-13,15,24,26H2,1-3H3/t27-/m1/s1. The number of hydrogen-bond acceptors (Lipinski definition) is 4. The summed E-state index contributed by atoms with van der Waals surface area (Å²) in [5.74, 6) is 1.48. The summed E-state index contributed by atoms with van der Waals surface area (Å²) in [5.41, 5.74) is 1.58. The molecule has 0 heterocycles. The second kappa shape index (κ2) is 16.8. The van der Waals surface area contributed by atoms with E-state index in [2.05, 4.69) is 32.0 Å². The Morgan fingerprint density at radius 1 is 0.763 bits per heavy atom. The van der Waals surface area contributed by atoms with Gasteiger partial charge in [-0.15, -0.1) is 0 Å². The van der Waals surface area contributed by atoms with E-state index >= 15 is 0 Å². The monoisotopic (exact) mass is 518 g/mol. The van der Waals surface area contributed by atoms with Gasteiger partial charge in [0, 0.05) is 5.39 Å². The van der Waals surface area contributed by atoms with Gasteiger partial charge in [-0.2, -0.15) is 0 Å². The fourth-order valence-electron chi connectivity index (χ4n) is 4.59. The van der Waals surface area contributed by atoms with Crippen molar-refractivity contribution < 1.29 is 19.0 Å². The van der Waals surface area contributed by atoms with Crippen molar-refractivity contribution >= 4 is 16.7 Å². The van der Waals surface area contributed by atoms with Gasteiger partial charge >= 0.3 is 5.97 Å². The molecule has 0 unspecified atom stereocenters. The first-order valence-corrected chi connectivity index (χ1v) is 14.7. The van der Waals surface area contributed by atoms with Gasteiger partial charge in [0.25, 0.3) is 0 Å². The first-order chi connectivity index (χ1) is 18.6. The Balaban J connectivity index is 1.47. The Hall–Kier alpha value is -3.01. The maximum atomic E-state index is 12.5. The van der Waals surface area contributed by atoms with Gasteiger partial charge in [0.05, 0.1) is 18.3 Å². The van der Waals surface area contributed by atoms with Crippen molar-refractivity contribution in [2.75, 3.05) is 6.61 Å². The van der Waals surface area contributed by atoms with Crippen LogP contribution in [-0.4, -0.2) is 18.7 Å². The van der Waals surface area contributed by atoms with Gasteiger partial charge in [-0.25, -0.2) is 4.79 Å². The van der Waals surface area contributed by atoms with E-state index in [1.165, 1.54) is 51.4 Å². The Morgan fingerprint density at radius 2 is 1.47 bits per heavy atom. The van der Waals surface area contributed by atoms with Crippen LogP contribution in [-0.2, 0) is 11.3 Å². The third-order valence-electron chi connectivity index (χ3n) is 6.93. The molecular weight excluding hydrogens is 472 g/mol. The number of carbonyl (C=O) groups is 1. The van der Waals surface area contributed by atoms with E-state index in [0.29, 0.717) is 12.2 Å². The van der Waals surface area contributed by atoms with Gasteiger partial charge < -0.3 is 14.2 Å². The molecule has 4 nitrogen and oxygen atoms in total. The highest BCUT2D eigenvalue weighted by atomic mass is 16.5. The molecule has 4 heteroatoms. The lowest BCUT2D eigenvalue weighted by Gasteiger charge is -2.14. The zero-order valence-electron chi connectivity index (χ0n) is 23.7. The normalized spacial score (nSPS) is 11.9.